The number of esters is 1. The van der Waals surface area contributed by atoms with E-state index in [2.05, 4.69) is 20.7 Å². The zero-order valence-electron chi connectivity index (χ0n) is 7.30. The summed E-state index contributed by atoms with van der Waals surface area (Å²) in [6.45, 7) is 0. The number of hydrogen-bond acceptors (Lipinski definition) is 3. The van der Waals surface area contributed by atoms with Crippen LogP contribution in [0.1, 0.15) is 19.3 Å². The molecule has 0 N–H and O–H groups in total. The van der Waals surface area contributed by atoms with E-state index in [-0.39, 0.29) is 16.4 Å². The highest BCUT2D eigenvalue weighted by Gasteiger charge is 2.47. The summed E-state index contributed by atoms with van der Waals surface area (Å²) >= 11 is 3.30. The Morgan fingerprint density at radius 1 is 1.50 bits per heavy atom. The van der Waals surface area contributed by atoms with Gasteiger partial charge in [0.15, 0.2) is 0 Å². The Bertz CT molecular complexity index is 172. The molecule has 0 heterocycles. The van der Waals surface area contributed by atoms with Gasteiger partial charge < -0.3 is 9.47 Å². The highest BCUT2D eigenvalue weighted by molar-refractivity contribution is 9.10. The van der Waals surface area contributed by atoms with E-state index in [1.54, 1.807) is 7.11 Å². The number of methoxy groups -OCH3 is 2. The third-order valence-corrected chi connectivity index (χ3v) is 3.68. The van der Waals surface area contributed by atoms with E-state index in [9.17, 15) is 4.79 Å². The van der Waals surface area contributed by atoms with Gasteiger partial charge in [0, 0.05) is 7.11 Å². The van der Waals surface area contributed by atoms with Crippen molar-refractivity contribution in [1.29, 1.82) is 0 Å². The molecule has 1 rings (SSSR count). The van der Waals surface area contributed by atoms with E-state index in [0.29, 0.717) is 0 Å². The minimum Gasteiger partial charge on any atom is -0.468 e. The molecule has 1 atom stereocenters. The molecule has 0 aromatic rings. The fraction of sp³-hybridized carbons (Fsp3) is 0.875. The first-order chi connectivity index (χ1) is 5.66. The second-order valence-electron chi connectivity index (χ2n) is 3.01. The Balaban J connectivity index is 2.59. The summed E-state index contributed by atoms with van der Waals surface area (Å²) in [4.78, 5) is 10.8. The average molecular weight is 237 g/mol. The lowest BCUT2D eigenvalue weighted by atomic mass is 9.77. The van der Waals surface area contributed by atoms with Gasteiger partial charge in [0.05, 0.1) is 12.7 Å². The number of carbonyl (C=O) groups excluding carboxylic acids is 1. The van der Waals surface area contributed by atoms with Gasteiger partial charge in [0.2, 0.25) is 0 Å². The summed E-state index contributed by atoms with van der Waals surface area (Å²) in [5.74, 6) is -0.253. The molecule has 1 unspecified atom stereocenters. The molecule has 0 aromatic carbocycles. The molecule has 1 aliphatic rings. The van der Waals surface area contributed by atoms with Crippen molar-refractivity contribution in [2.24, 2.45) is 0 Å². The van der Waals surface area contributed by atoms with Crippen LogP contribution in [0.25, 0.3) is 0 Å². The number of carbonyl (C=O) groups is 1. The number of rotatable bonds is 3. The lowest BCUT2D eigenvalue weighted by Crippen LogP contribution is -2.50. The molecule has 0 radical (unpaired) electrons. The van der Waals surface area contributed by atoms with Crippen LogP contribution in [0, 0.1) is 0 Å². The SMILES string of the molecule is COC(=O)C(Br)C1(OC)CCC1. The first kappa shape index (κ1) is 9.99. The molecule has 1 fully saturated rings. The van der Waals surface area contributed by atoms with Crippen LogP contribution in [0.15, 0.2) is 0 Å². The highest BCUT2D eigenvalue weighted by Crippen LogP contribution is 2.41. The Hall–Kier alpha value is -0.0900. The average Bonchev–Trinajstić information content (AvgIpc) is 2.02. The summed E-state index contributed by atoms with van der Waals surface area (Å²) in [6.07, 6.45) is 2.97. The zero-order chi connectivity index (χ0) is 9.19. The summed E-state index contributed by atoms with van der Waals surface area (Å²) in [6, 6.07) is 0. The molecule has 1 aliphatic carbocycles. The fourth-order valence-electron chi connectivity index (χ4n) is 1.40. The molecular weight excluding hydrogens is 224 g/mol. The topological polar surface area (TPSA) is 35.5 Å². The Morgan fingerprint density at radius 3 is 2.33 bits per heavy atom. The van der Waals surface area contributed by atoms with Crippen LogP contribution in [-0.4, -0.2) is 30.6 Å². The zero-order valence-corrected chi connectivity index (χ0v) is 8.89. The van der Waals surface area contributed by atoms with Crippen molar-refractivity contribution in [1.82, 2.24) is 0 Å². The summed E-state index contributed by atoms with van der Waals surface area (Å²) in [5.41, 5.74) is -0.312. The maximum Gasteiger partial charge on any atom is 0.322 e. The van der Waals surface area contributed by atoms with Gasteiger partial charge in [-0.25, -0.2) is 0 Å². The smallest absolute Gasteiger partial charge is 0.322 e. The van der Waals surface area contributed by atoms with Crippen molar-refractivity contribution in [2.75, 3.05) is 14.2 Å². The highest BCUT2D eigenvalue weighted by atomic mass is 79.9. The monoisotopic (exact) mass is 236 g/mol. The second-order valence-corrected chi connectivity index (χ2v) is 3.92. The number of alkyl halides is 1. The van der Waals surface area contributed by atoms with E-state index in [1.165, 1.54) is 7.11 Å². The van der Waals surface area contributed by atoms with Crippen LogP contribution in [0.2, 0.25) is 0 Å². The van der Waals surface area contributed by atoms with Gasteiger partial charge in [-0.05, 0) is 19.3 Å². The normalized spacial score (nSPS) is 22.6. The van der Waals surface area contributed by atoms with Gasteiger partial charge >= 0.3 is 5.97 Å². The molecule has 70 valence electrons. The van der Waals surface area contributed by atoms with Crippen molar-refractivity contribution < 1.29 is 14.3 Å². The van der Waals surface area contributed by atoms with Crippen LogP contribution in [-0.2, 0) is 14.3 Å². The van der Waals surface area contributed by atoms with Crippen LogP contribution in [0.3, 0.4) is 0 Å². The van der Waals surface area contributed by atoms with Gasteiger partial charge in [0.1, 0.15) is 4.83 Å². The largest absolute Gasteiger partial charge is 0.468 e. The molecule has 12 heavy (non-hydrogen) atoms. The van der Waals surface area contributed by atoms with E-state index in [1.807, 2.05) is 0 Å². The van der Waals surface area contributed by atoms with Crippen LogP contribution in [0.4, 0.5) is 0 Å². The summed E-state index contributed by atoms with van der Waals surface area (Å²) in [5, 5.41) is 0. The second kappa shape index (κ2) is 3.75. The minimum atomic E-state index is -0.325. The molecule has 4 heteroatoms. The maximum absolute atomic E-state index is 11.2. The van der Waals surface area contributed by atoms with Gasteiger partial charge in [-0.2, -0.15) is 0 Å². The van der Waals surface area contributed by atoms with E-state index >= 15 is 0 Å². The predicted octanol–water partition coefficient (Wildman–Crippen LogP) is 1.49. The first-order valence-corrected chi connectivity index (χ1v) is 4.85. The number of ether oxygens (including phenoxy) is 2. The van der Waals surface area contributed by atoms with Crippen molar-refractivity contribution in [3.8, 4) is 0 Å². The fourth-order valence-corrected chi connectivity index (χ4v) is 2.24. The van der Waals surface area contributed by atoms with Crippen molar-refractivity contribution >= 4 is 21.9 Å². The summed E-state index contributed by atoms with van der Waals surface area (Å²) < 4.78 is 9.94. The Kier molecular flexibility index (Phi) is 3.12. The van der Waals surface area contributed by atoms with Crippen LogP contribution < -0.4 is 0 Å². The lowest BCUT2D eigenvalue weighted by Gasteiger charge is -2.42. The first-order valence-electron chi connectivity index (χ1n) is 3.93. The van der Waals surface area contributed by atoms with Gasteiger partial charge in [0.25, 0.3) is 0 Å². The molecule has 0 aromatic heterocycles. The van der Waals surface area contributed by atoms with Crippen molar-refractivity contribution in [2.45, 2.75) is 29.7 Å². The molecule has 0 spiro atoms. The predicted molar refractivity (Wildman–Crippen MR) is 48.3 cm³/mol. The third-order valence-electron chi connectivity index (χ3n) is 2.48. The van der Waals surface area contributed by atoms with Gasteiger partial charge in [-0.3, -0.25) is 4.79 Å². The molecule has 0 bridgehead atoms. The molecule has 0 saturated heterocycles. The molecule has 0 aliphatic heterocycles. The van der Waals surface area contributed by atoms with Crippen LogP contribution >= 0.6 is 15.9 Å². The Labute approximate surface area is 80.5 Å². The third kappa shape index (κ3) is 1.50. The van der Waals surface area contributed by atoms with E-state index in [0.717, 1.165) is 19.3 Å². The molecular formula is C8H13BrO3. The number of halogens is 1. The van der Waals surface area contributed by atoms with Gasteiger partial charge in [-0.1, -0.05) is 15.9 Å². The van der Waals surface area contributed by atoms with E-state index < -0.39 is 0 Å². The van der Waals surface area contributed by atoms with Crippen molar-refractivity contribution in [3.05, 3.63) is 0 Å². The van der Waals surface area contributed by atoms with Crippen LogP contribution in [0.5, 0.6) is 0 Å². The lowest BCUT2D eigenvalue weighted by molar-refractivity contribution is -0.151. The minimum absolute atomic E-state index is 0.253. The molecule has 1 saturated carbocycles. The Morgan fingerprint density at radius 2 is 2.08 bits per heavy atom. The van der Waals surface area contributed by atoms with E-state index in [4.69, 9.17) is 4.74 Å². The van der Waals surface area contributed by atoms with Gasteiger partial charge in [-0.15, -0.1) is 0 Å². The maximum atomic E-state index is 11.2. The number of hydrogen-bond donors (Lipinski definition) is 0. The standard InChI is InChI=1S/C8H13BrO3/c1-11-7(10)6(9)8(12-2)4-3-5-8/h6H,3-5H2,1-2H3. The molecule has 0 amide bonds. The molecule has 3 nitrogen and oxygen atoms in total. The van der Waals surface area contributed by atoms with Crippen molar-refractivity contribution in [3.63, 3.8) is 0 Å². The quantitative estimate of drug-likeness (QED) is 0.551. The summed E-state index contributed by atoms with van der Waals surface area (Å²) in [7, 11) is 3.02.